The molecule has 4 aromatic rings. The second-order valence-corrected chi connectivity index (χ2v) is 8.74. The van der Waals surface area contributed by atoms with Gasteiger partial charge < -0.3 is 5.32 Å². The lowest BCUT2D eigenvalue weighted by atomic mass is 10.0. The van der Waals surface area contributed by atoms with E-state index in [9.17, 15) is 14.9 Å². The Bertz CT molecular complexity index is 1360. The number of hydrogen-bond donors (Lipinski definition) is 1. The summed E-state index contributed by atoms with van der Waals surface area (Å²) in [7, 11) is 0. The average Bonchev–Trinajstić information content (AvgIpc) is 3.15. The highest BCUT2D eigenvalue weighted by Crippen LogP contribution is 2.36. The zero-order chi connectivity index (χ0) is 23.0. The number of hydrogen-bond acceptors (Lipinski definition) is 5. The van der Waals surface area contributed by atoms with Gasteiger partial charge in [0.2, 0.25) is 0 Å². The Kier molecular flexibility index (Phi) is 6.07. The van der Waals surface area contributed by atoms with E-state index in [0.717, 1.165) is 17.8 Å². The van der Waals surface area contributed by atoms with Crippen LogP contribution < -0.4 is 5.32 Å². The molecule has 0 spiro atoms. The maximum absolute atomic E-state index is 13.3. The van der Waals surface area contributed by atoms with Crippen LogP contribution in [0.1, 0.15) is 23.0 Å². The number of halogens is 2. The fourth-order valence-electron chi connectivity index (χ4n) is 3.48. The number of anilines is 1. The molecule has 162 valence electrons. The van der Waals surface area contributed by atoms with Crippen molar-refractivity contribution in [3.63, 3.8) is 0 Å². The van der Waals surface area contributed by atoms with E-state index in [1.54, 1.807) is 12.3 Å². The molecule has 0 saturated heterocycles. The topological polar surface area (TPSA) is 103 Å². The van der Waals surface area contributed by atoms with Crippen molar-refractivity contribution in [3.05, 3.63) is 79.0 Å². The van der Waals surface area contributed by atoms with Crippen molar-refractivity contribution in [1.82, 2.24) is 14.8 Å². The summed E-state index contributed by atoms with van der Waals surface area (Å²) in [5, 5.41) is 19.0. The summed E-state index contributed by atoms with van der Waals surface area (Å²) in [5.74, 6) is -0.361. The molecule has 0 atom stereocenters. The normalized spacial score (nSPS) is 11.0. The fraction of sp³-hybridized carbons (Fsp3) is 0.136. The average molecular weight is 559 g/mol. The van der Waals surface area contributed by atoms with Crippen molar-refractivity contribution in [1.29, 1.82) is 0 Å². The number of rotatable bonds is 5. The van der Waals surface area contributed by atoms with Crippen LogP contribution in [0.15, 0.2) is 57.6 Å². The molecular weight excluding hydrogens is 542 g/mol. The molecule has 10 heteroatoms. The summed E-state index contributed by atoms with van der Waals surface area (Å²) in [6, 6.07) is 11.8. The van der Waals surface area contributed by atoms with Gasteiger partial charge in [-0.2, -0.15) is 5.10 Å². The second kappa shape index (κ2) is 8.79. The number of aryl methyl sites for hydroxylation is 1. The number of benzene rings is 2. The van der Waals surface area contributed by atoms with Crippen molar-refractivity contribution in [2.75, 3.05) is 5.32 Å². The number of amides is 1. The molecule has 1 N–H and O–H groups in total. The van der Waals surface area contributed by atoms with Gasteiger partial charge in [-0.15, -0.1) is 0 Å². The Morgan fingerprint density at radius 3 is 2.50 bits per heavy atom. The van der Waals surface area contributed by atoms with E-state index in [1.807, 2.05) is 42.8 Å². The Labute approximate surface area is 200 Å². The largest absolute Gasteiger partial charge is 0.320 e. The van der Waals surface area contributed by atoms with Crippen molar-refractivity contribution in [2.24, 2.45) is 0 Å². The maximum atomic E-state index is 13.3. The molecule has 0 saturated carbocycles. The molecule has 0 aliphatic heterocycles. The molecule has 0 aliphatic rings. The van der Waals surface area contributed by atoms with Gasteiger partial charge in [-0.1, -0.05) is 18.2 Å². The molecule has 2 heterocycles. The first-order valence-electron chi connectivity index (χ1n) is 9.67. The van der Waals surface area contributed by atoms with Crippen LogP contribution in [0, 0.1) is 17.0 Å². The highest BCUT2D eigenvalue weighted by Gasteiger charge is 2.20. The number of carbonyl (C=O) groups excluding carboxylic acids is 1. The van der Waals surface area contributed by atoms with Gasteiger partial charge >= 0.3 is 0 Å². The standard InChI is InChI=1S/C22H17Br2N5O3/c1-3-28-12(2)16(11-25-28)20-10-15(14-6-4-5-7-19(14)26-20)22(30)27-21-17(23)8-13(29(31)32)9-18(21)24/h4-11H,3H2,1-2H3,(H,27,30). The van der Waals surface area contributed by atoms with Gasteiger partial charge in [-0.05, 0) is 57.8 Å². The number of pyridine rings is 1. The molecule has 0 aliphatic carbocycles. The van der Waals surface area contributed by atoms with Crippen LogP contribution in [0.2, 0.25) is 0 Å². The van der Waals surface area contributed by atoms with Crippen molar-refractivity contribution in [2.45, 2.75) is 20.4 Å². The first-order valence-corrected chi connectivity index (χ1v) is 11.3. The smallest absolute Gasteiger partial charge is 0.271 e. The Morgan fingerprint density at radius 1 is 1.19 bits per heavy atom. The van der Waals surface area contributed by atoms with Gasteiger partial charge in [0.15, 0.2) is 0 Å². The third-order valence-electron chi connectivity index (χ3n) is 5.12. The number of fused-ring (bicyclic) bond motifs is 1. The SMILES string of the molecule is CCn1ncc(-c2cc(C(=O)Nc3c(Br)cc([N+](=O)[O-])cc3Br)c3ccccc3n2)c1C. The third kappa shape index (κ3) is 4.03. The Morgan fingerprint density at radius 2 is 1.88 bits per heavy atom. The molecule has 8 nitrogen and oxygen atoms in total. The van der Waals surface area contributed by atoms with E-state index in [4.69, 9.17) is 4.98 Å². The van der Waals surface area contributed by atoms with E-state index < -0.39 is 4.92 Å². The van der Waals surface area contributed by atoms with E-state index in [0.29, 0.717) is 36.8 Å². The molecule has 2 aromatic carbocycles. The first kappa shape index (κ1) is 22.1. The number of nitrogens with zero attached hydrogens (tertiary/aromatic N) is 4. The Hall–Kier alpha value is -3.11. The quantitative estimate of drug-likeness (QED) is 0.235. The summed E-state index contributed by atoms with van der Waals surface area (Å²) in [5.41, 5.74) is 3.88. The summed E-state index contributed by atoms with van der Waals surface area (Å²) in [4.78, 5) is 28.7. The number of non-ortho nitro benzene ring substituents is 1. The van der Waals surface area contributed by atoms with E-state index in [1.165, 1.54) is 12.1 Å². The van der Waals surface area contributed by atoms with Crippen LogP contribution in [0.5, 0.6) is 0 Å². The first-order chi connectivity index (χ1) is 15.3. The highest BCUT2D eigenvalue weighted by molar-refractivity contribution is 9.11. The van der Waals surface area contributed by atoms with Crippen molar-refractivity contribution < 1.29 is 9.72 Å². The summed E-state index contributed by atoms with van der Waals surface area (Å²) < 4.78 is 2.66. The molecule has 4 rings (SSSR count). The zero-order valence-corrected chi connectivity index (χ0v) is 20.3. The fourth-order valence-corrected chi connectivity index (χ4v) is 4.84. The number of nitrogens with one attached hydrogen (secondary N) is 1. The van der Waals surface area contributed by atoms with Crippen LogP contribution in [-0.2, 0) is 6.54 Å². The van der Waals surface area contributed by atoms with E-state index in [2.05, 4.69) is 42.3 Å². The lowest BCUT2D eigenvalue weighted by Crippen LogP contribution is -2.14. The molecule has 0 bridgehead atoms. The number of aromatic nitrogens is 3. The van der Waals surface area contributed by atoms with E-state index >= 15 is 0 Å². The lowest BCUT2D eigenvalue weighted by molar-refractivity contribution is -0.385. The van der Waals surface area contributed by atoms with Gasteiger partial charge in [-0.25, -0.2) is 4.98 Å². The van der Waals surface area contributed by atoms with Crippen molar-refractivity contribution >= 4 is 60.0 Å². The van der Waals surface area contributed by atoms with Crippen molar-refractivity contribution in [3.8, 4) is 11.3 Å². The van der Waals surface area contributed by atoms with Gasteiger partial charge in [0.05, 0.1) is 33.6 Å². The minimum absolute atomic E-state index is 0.0955. The second-order valence-electron chi connectivity index (χ2n) is 7.03. The molecule has 0 unspecified atom stereocenters. The van der Waals surface area contributed by atoms with Gasteiger partial charge in [0.1, 0.15) is 0 Å². The van der Waals surface area contributed by atoms with Gasteiger partial charge in [0.25, 0.3) is 11.6 Å². The summed E-state index contributed by atoms with van der Waals surface area (Å²) in [6.07, 6.45) is 1.75. The molecule has 1 amide bonds. The zero-order valence-electron chi connectivity index (χ0n) is 17.1. The third-order valence-corrected chi connectivity index (χ3v) is 6.37. The highest BCUT2D eigenvalue weighted by atomic mass is 79.9. The predicted octanol–water partition coefficient (Wildman–Crippen LogP) is 6.11. The maximum Gasteiger partial charge on any atom is 0.271 e. The minimum atomic E-state index is -0.497. The molecule has 32 heavy (non-hydrogen) atoms. The monoisotopic (exact) mass is 557 g/mol. The van der Waals surface area contributed by atoms with E-state index in [-0.39, 0.29) is 11.6 Å². The molecule has 0 fully saturated rings. The number of nitro groups is 1. The van der Waals surface area contributed by atoms with Crippen LogP contribution in [0.25, 0.3) is 22.2 Å². The number of nitro benzene ring substituents is 1. The van der Waals surface area contributed by atoms with Gasteiger partial charge in [-0.3, -0.25) is 19.6 Å². The van der Waals surface area contributed by atoms with Crippen LogP contribution >= 0.6 is 31.9 Å². The minimum Gasteiger partial charge on any atom is -0.320 e. The van der Waals surface area contributed by atoms with Crippen LogP contribution in [0.4, 0.5) is 11.4 Å². The Balaban J connectivity index is 1.81. The molecule has 0 radical (unpaired) electrons. The molecular formula is C22H17Br2N5O3. The predicted molar refractivity (Wildman–Crippen MR) is 130 cm³/mol. The lowest BCUT2D eigenvalue weighted by Gasteiger charge is -2.13. The summed E-state index contributed by atoms with van der Waals surface area (Å²) in [6.45, 7) is 4.71. The van der Waals surface area contributed by atoms with Gasteiger partial charge in [0, 0.05) is 44.3 Å². The number of carbonyl (C=O) groups is 1. The van der Waals surface area contributed by atoms with Crippen LogP contribution in [-0.4, -0.2) is 25.6 Å². The number of para-hydroxylation sites is 1. The van der Waals surface area contributed by atoms with Crippen LogP contribution in [0.3, 0.4) is 0 Å². The molecule has 2 aromatic heterocycles. The summed E-state index contributed by atoms with van der Waals surface area (Å²) >= 11 is 6.63.